The van der Waals surface area contributed by atoms with E-state index in [1.807, 2.05) is 6.92 Å². The Bertz CT molecular complexity index is 322. The van der Waals surface area contributed by atoms with Crippen LogP contribution in [0.2, 0.25) is 0 Å². The predicted molar refractivity (Wildman–Crippen MR) is 62.0 cm³/mol. The van der Waals surface area contributed by atoms with E-state index in [1.54, 1.807) is 0 Å². The topological polar surface area (TPSA) is 17.1 Å². The second-order valence-corrected chi connectivity index (χ2v) is 4.69. The monoisotopic (exact) mass is 202 g/mol. The van der Waals surface area contributed by atoms with Crippen LogP contribution in [0.4, 0.5) is 0 Å². The van der Waals surface area contributed by atoms with Crippen LogP contribution in [0.3, 0.4) is 0 Å². The fourth-order valence-electron chi connectivity index (χ4n) is 2.09. The molecule has 0 saturated heterocycles. The summed E-state index contributed by atoms with van der Waals surface area (Å²) in [5, 5.41) is 0. The standard InChI is InChI=1S/C14H18O/c1-11(10-15)9-12-5-7-14(8-6-12)13-3-2-4-13/h5-8,10-11,13H,2-4,9H2,1H3/t11-/m1/s1. The lowest BCUT2D eigenvalue weighted by molar-refractivity contribution is -0.110. The maximum Gasteiger partial charge on any atom is 0.123 e. The molecule has 1 nitrogen and oxygen atoms in total. The van der Waals surface area contributed by atoms with Crippen LogP contribution in [0, 0.1) is 5.92 Å². The van der Waals surface area contributed by atoms with E-state index < -0.39 is 0 Å². The van der Waals surface area contributed by atoms with E-state index in [4.69, 9.17) is 0 Å². The summed E-state index contributed by atoms with van der Waals surface area (Å²) in [5.41, 5.74) is 2.75. The number of hydrogen-bond acceptors (Lipinski definition) is 1. The van der Waals surface area contributed by atoms with E-state index in [9.17, 15) is 4.79 Å². The lowest BCUT2D eigenvalue weighted by Gasteiger charge is -2.25. The zero-order chi connectivity index (χ0) is 10.7. The summed E-state index contributed by atoms with van der Waals surface area (Å²) in [6.07, 6.45) is 5.98. The third-order valence-corrected chi connectivity index (χ3v) is 3.35. The molecule has 1 atom stereocenters. The van der Waals surface area contributed by atoms with Gasteiger partial charge in [0.2, 0.25) is 0 Å². The van der Waals surface area contributed by atoms with Crippen LogP contribution >= 0.6 is 0 Å². The maximum absolute atomic E-state index is 10.5. The number of carbonyl (C=O) groups excluding carboxylic acids is 1. The van der Waals surface area contributed by atoms with Crippen LogP contribution < -0.4 is 0 Å². The summed E-state index contributed by atoms with van der Waals surface area (Å²) in [5.74, 6) is 0.946. The van der Waals surface area contributed by atoms with E-state index in [0.29, 0.717) is 0 Å². The van der Waals surface area contributed by atoms with Crippen molar-refractivity contribution in [2.24, 2.45) is 5.92 Å². The van der Waals surface area contributed by atoms with Crippen molar-refractivity contribution in [2.45, 2.75) is 38.5 Å². The summed E-state index contributed by atoms with van der Waals surface area (Å²) < 4.78 is 0. The zero-order valence-corrected chi connectivity index (χ0v) is 9.28. The van der Waals surface area contributed by atoms with E-state index >= 15 is 0 Å². The summed E-state index contributed by atoms with van der Waals surface area (Å²) in [6.45, 7) is 1.97. The van der Waals surface area contributed by atoms with Crippen molar-refractivity contribution in [2.75, 3.05) is 0 Å². The molecule has 0 bridgehead atoms. The minimum absolute atomic E-state index is 0.138. The SMILES string of the molecule is C[C@@H](C=O)Cc1ccc(C2CCC2)cc1. The van der Waals surface area contributed by atoms with Gasteiger partial charge >= 0.3 is 0 Å². The summed E-state index contributed by atoms with van der Waals surface area (Å²) in [7, 11) is 0. The Kier molecular flexibility index (Phi) is 3.20. The molecule has 1 fully saturated rings. The van der Waals surface area contributed by atoms with Crippen molar-refractivity contribution in [3.8, 4) is 0 Å². The molecule has 0 aliphatic heterocycles. The Balaban J connectivity index is 1.99. The molecule has 0 N–H and O–H groups in total. The van der Waals surface area contributed by atoms with Gasteiger partial charge in [-0.1, -0.05) is 37.6 Å². The molecular weight excluding hydrogens is 184 g/mol. The number of rotatable bonds is 4. The van der Waals surface area contributed by atoms with Crippen molar-refractivity contribution in [1.29, 1.82) is 0 Å². The van der Waals surface area contributed by atoms with Crippen LogP contribution in [-0.2, 0) is 11.2 Å². The molecule has 1 aliphatic rings. The lowest BCUT2D eigenvalue weighted by atomic mass is 9.80. The first-order valence-electron chi connectivity index (χ1n) is 5.83. The summed E-state index contributed by atoms with van der Waals surface area (Å²) in [6, 6.07) is 8.81. The Hall–Kier alpha value is -1.11. The molecule has 0 radical (unpaired) electrons. The number of aldehydes is 1. The highest BCUT2D eigenvalue weighted by Gasteiger charge is 2.18. The van der Waals surface area contributed by atoms with E-state index in [1.165, 1.54) is 30.4 Å². The molecule has 0 unspecified atom stereocenters. The van der Waals surface area contributed by atoms with Gasteiger partial charge in [-0.25, -0.2) is 0 Å². The van der Waals surface area contributed by atoms with Crippen LogP contribution in [0.1, 0.15) is 43.2 Å². The third kappa shape index (κ3) is 2.47. The number of carbonyl (C=O) groups is 1. The van der Waals surface area contributed by atoms with Gasteiger partial charge in [-0.15, -0.1) is 0 Å². The van der Waals surface area contributed by atoms with Crippen LogP contribution in [-0.4, -0.2) is 6.29 Å². The zero-order valence-electron chi connectivity index (χ0n) is 9.28. The highest BCUT2D eigenvalue weighted by molar-refractivity contribution is 5.53. The van der Waals surface area contributed by atoms with Crippen molar-refractivity contribution >= 4 is 6.29 Å². The molecule has 2 rings (SSSR count). The second-order valence-electron chi connectivity index (χ2n) is 4.69. The van der Waals surface area contributed by atoms with Gasteiger partial charge in [-0.3, -0.25) is 0 Å². The smallest absolute Gasteiger partial charge is 0.123 e. The first kappa shape index (κ1) is 10.4. The minimum atomic E-state index is 0.138. The Morgan fingerprint density at radius 2 is 2.00 bits per heavy atom. The first-order valence-corrected chi connectivity index (χ1v) is 5.83. The van der Waals surface area contributed by atoms with Gasteiger partial charge in [0.25, 0.3) is 0 Å². The molecule has 0 amide bonds. The van der Waals surface area contributed by atoms with Crippen molar-refractivity contribution in [1.82, 2.24) is 0 Å². The van der Waals surface area contributed by atoms with E-state index in [-0.39, 0.29) is 5.92 Å². The summed E-state index contributed by atoms with van der Waals surface area (Å²) >= 11 is 0. The minimum Gasteiger partial charge on any atom is -0.303 e. The molecule has 15 heavy (non-hydrogen) atoms. The Morgan fingerprint density at radius 3 is 2.47 bits per heavy atom. The normalized spacial score (nSPS) is 18.2. The van der Waals surface area contributed by atoms with Crippen LogP contribution in [0.5, 0.6) is 0 Å². The molecule has 0 aromatic heterocycles. The van der Waals surface area contributed by atoms with Crippen molar-refractivity contribution < 1.29 is 4.79 Å². The van der Waals surface area contributed by atoms with Gasteiger partial charge in [-0.2, -0.15) is 0 Å². The summed E-state index contributed by atoms with van der Waals surface area (Å²) in [4.78, 5) is 10.5. The predicted octanol–water partition coefficient (Wildman–Crippen LogP) is 3.33. The maximum atomic E-state index is 10.5. The quantitative estimate of drug-likeness (QED) is 0.684. The molecule has 1 aromatic rings. The average Bonchev–Trinajstić information content (AvgIpc) is 2.18. The largest absolute Gasteiger partial charge is 0.303 e. The number of benzene rings is 1. The highest BCUT2D eigenvalue weighted by Crippen LogP contribution is 2.36. The Morgan fingerprint density at radius 1 is 1.33 bits per heavy atom. The van der Waals surface area contributed by atoms with E-state index in [0.717, 1.165) is 18.6 Å². The second kappa shape index (κ2) is 4.61. The molecule has 80 valence electrons. The molecule has 1 aromatic carbocycles. The molecular formula is C14H18O. The molecule has 0 spiro atoms. The molecule has 1 saturated carbocycles. The lowest BCUT2D eigenvalue weighted by Crippen LogP contribution is -2.08. The highest BCUT2D eigenvalue weighted by atomic mass is 16.1. The van der Waals surface area contributed by atoms with Crippen molar-refractivity contribution in [3.05, 3.63) is 35.4 Å². The van der Waals surface area contributed by atoms with Gasteiger partial charge in [-0.05, 0) is 36.3 Å². The fraction of sp³-hybridized carbons (Fsp3) is 0.500. The Labute approximate surface area is 91.5 Å². The first-order chi connectivity index (χ1) is 7.29. The van der Waals surface area contributed by atoms with Gasteiger partial charge < -0.3 is 4.79 Å². The van der Waals surface area contributed by atoms with Crippen LogP contribution in [0.25, 0.3) is 0 Å². The van der Waals surface area contributed by atoms with E-state index in [2.05, 4.69) is 24.3 Å². The number of hydrogen-bond donors (Lipinski definition) is 0. The van der Waals surface area contributed by atoms with Gasteiger partial charge in [0.1, 0.15) is 6.29 Å². The van der Waals surface area contributed by atoms with Crippen LogP contribution in [0.15, 0.2) is 24.3 Å². The fourth-order valence-corrected chi connectivity index (χ4v) is 2.09. The molecule has 1 heteroatoms. The van der Waals surface area contributed by atoms with Crippen molar-refractivity contribution in [3.63, 3.8) is 0 Å². The third-order valence-electron chi connectivity index (χ3n) is 3.35. The van der Waals surface area contributed by atoms with Gasteiger partial charge in [0.05, 0.1) is 0 Å². The van der Waals surface area contributed by atoms with Gasteiger partial charge in [0, 0.05) is 5.92 Å². The molecule has 1 aliphatic carbocycles. The molecule has 0 heterocycles. The average molecular weight is 202 g/mol. The van der Waals surface area contributed by atoms with Gasteiger partial charge in [0.15, 0.2) is 0 Å².